The second kappa shape index (κ2) is 6.07. The third kappa shape index (κ3) is 3.39. The van der Waals surface area contributed by atoms with Crippen molar-refractivity contribution in [3.05, 3.63) is 40.6 Å². The van der Waals surface area contributed by atoms with Crippen molar-refractivity contribution in [2.45, 2.75) is 18.4 Å². The van der Waals surface area contributed by atoms with Gasteiger partial charge in [0.25, 0.3) is 0 Å². The fourth-order valence-electron chi connectivity index (χ4n) is 2.09. The molecule has 0 saturated heterocycles. The molecule has 5 nitrogen and oxygen atoms in total. The molecule has 1 atom stereocenters. The van der Waals surface area contributed by atoms with Crippen molar-refractivity contribution in [3.63, 3.8) is 0 Å². The third-order valence-corrected chi connectivity index (χ3v) is 4.44. The largest absolute Gasteiger partial charge is 0.486 e. The van der Waals surface area contributed by atoms with Gasteiger partial charge >= 0.3 is 0 Å². The lowest BCUT2D eigenvalue weighted by atomic mass is 10.2. The van der Waals surface area contributed by atoms with Gasteiger partial charge in [-0.2, -0.15) is 0 Å². The standard InChI is InChI=1S/C14H14ClNO4S/c1-9-6-16-13(20-9)8-21(17)7-10-4-11(15)14-12(5-10)18-2-3-19-14/h4-6H,2-3,7-8H2,1H3. The number of ether oxygens (including phenoxy) is 2. The summed E-state index contributed by atoms with van der Waals surface area (Å²) in [7, 11) is -1.13. The van der Waals surface area contributed by atoms with Crippen LogP contribution in [0.1, 0.15) is 17.2 Å². The number of fused-ring (bicyclic) bond motifs is 1. The predicted octanol–water partition coefficient (Wildman–Crippen LogP) is 2.86. The lowest BCUT2D eigenvalue weighted by molar-refractivity contribution is 0.171. The number of aryl methyl sites for hydroxylation is 1. The Hall–Kier alpha value is -1.53. The molecule has 3 rings (SSSR count). The average Bonchev–Trinajstić information content (AvgIpc) is 2.84. The first kappa shape index (κ1) is 14.4. The van der Waals surface area contributed by atoms with E-state index < -0.39 is 10.8 Å². The lowest BCUT2D eigenvalue weighted by Crippen LogP contribution is -2.16. The Morgan fingerprint density at radius 1 is 1.29 bits per heavy atom. The highest BCUT2D eigenvalue weighted by atomic mass is 35.5. The topological polar surface area (TPSA) is 61.6 Å². The van der Waals surface area contributed by atoms with Crippen LogP contribution in [0, 0.1) is 6.92 Å². The Morgan fingerprint density at radius 2 is 2.10 bits per heavy atom. The van der Waals surface area contributed by atoms with E-state index in [1.165, 1.54) is 0 Å². The first-order chi connectivity index (χ1) is 10.1. The second-order valence-corrected chi connectivity index (χ2v) is 6.56. The smallest absolute Gasteiger partial charge is 0.206 e. The molecule has 1 unspecified atom stereocenters. The zero-order valence-electron chi connectivity index (χ0n) is 11.4. The highest BCUT2D eigenvalue weighted by Crippen LogP contribution is 2.38. The molecule has 0 N–H and O–H groups in total. The van der Waals surface area contributed by atoms with Crippen molar-refractivity contribution in [3.8, 4) is 11.5 Å². The summed E-state index contributed by atoms with van der Waals surface area (Å²) < 4.78 is 28.5. The van der Waals surface area contributed by atoms with Crippen molar-refractivity contribution in [1.82, 2.24) is 4.98 Å². The van der Waals surface area contributed by atoms with Gasteiger partial charge in [-0.1, -0.05) is 11.6 Å². The monoisotopic (exact) mass is 327 g/mol. The molecule has 0 aliphatic carbocycles. The fraction of sp³-hybridized carbons (Fsp3) is 0.357. The minimum atomic E-state index is -1.13. The molecule has 0 amide bonds. The first-order valence-corrected chi connectivity index (χ1v) is 8.33. The van der Waals surface area contributed by atoms with Crippen LogP contribution in [0.5, 0.6) is 11.5 Å². The third-order valence-electron chi connectivity index (χ3n) is 2.94. The molecule has 2 heterocycles. The van der Waals surface area contributed by atoms with Gasteiger partial charge in [-0.05, 0) is 24.6 Å². The number of halogens is 1. The van der Waals surface area contributed by atoms with Crippen LogP contribution in [-0.2, 0) is 22.3 Å². The molecule has 1 aliphatic rings. The normalized spacial score (nSPS) is 15.0. The minimum absolute atomic E-state index is 0.278. The summed E-state index contributed by atoms with van der Waals surface area (Å²) in [4.78, 5) is 4.05. The number of benzene rings is 1. The van der Waals surface area contributed by atoms with Crippen LogP contribution in [0.4, 0.5) is 0 Å². The van der Waals surface area contributed by atoms with E-state index in [9.17, 15) is 4.21 Å². The van der Waals surface area contributed by atoms with Gasteiger partial charge in [0.05, 0.1) is 11.2 Å². The van der Waals surface area contributed by atoms with Crippen molar-refractivity contribution >= 4 is 22.4 Å². The van der Waals surface area contributed by atoms with E-state index in [-0.39, 0.29) is 5.75 Å². The van der Waals surface area contributed by atoms with Gasteiger partial charge in [-0.25, -0.2) is 4.98 Å². The first-order valence-electron chi connectivity index (χ1n) is 6.46. The van der Waals surface area contributed by atoms with Crippen molar-refractivity contribution < 1.29 is 18.1 Å². The summed E-state index contributed by atoms with van der Waals surface area (Å²) in [6.07, 6.45) is 1.62. The van der Waals surface area contributed by atoms with E-state index in [0.717, 1.165) is 5.56 Å². The molecule has 21 heavy (non-hydrogen) atoms. The van der Waals surface area contributed by atoms with E-state index >= 15 is 0 Å². The molecule has 0 spiro atoms. The zero-order valence-corrected chi connectivity index (χ0v) is 13.0. The molecular formula is C14H14ClNO4S. The van der Waals surface area contributed by atoms with E-state index in [1.54, 1.807) is 19.2 Å². The number of aromatic nitrogens is 1. The van der Waals surface area contributed by atoms with Gasteiger partial charge in [-0.3, -0.25) is 4.21 Å². The van der Waals surface area contributed by atoms with Gasteiger partial charge in [0.1, 0.15) is 24.7 Å². The van der Waals surface area contributed by atoms with Crippen molar-refractivity contribution in [2.24, 2.45) is 0 Å². The van der Waals surface area contributed by atoms with Crippen LogP contribution >= 0.6 is 11.6 Å². The summed E-state index contributed by atoms with van der Waals surface area (Å²) in [6, 6.07) is 3.58. The van der Waals surface area contributed by atoms with Gasteiger partial charge < -0.3 is 13.9 Å². The summed E-state index contributed by atoms with van der Waals surface area (Å²) in [5.74, 6) is 2.99. The van der Waals surface area contributed by atoms with Crippen LogP contribution in [-0.4, -0.2) is 22.4 Å². The Labute approximate surface area is 129 Å². The highest BCUT2D eigenvalue weighted by Gasteiger charge is 2.18. The maximum Gasteiger partial charge on any atom is 0.206 e. The van der Waals surface area contributed by atoms with Crippen LogP contribution in [0.15, 0.2) is 22.7 Å². The summed E-state index contributed by atoms with van der Waals surface area (Å²) >= 11 is 6.16. The summed E-state index contributed by atoms with van der Waals surface area (Å²) in [5, 5.41) is 0.478. The Morgan fingerprint density at radius 3 is 2.86 bits per heavy atom. The summed E-state index contributed by atoms with van der Waals surface area (Å²) in [5.41, 5.74) is 0.839. The van der Waals surface area contributed by atoms with Gasteiger partial charge in [-0.15, -0.1) is 0 Å². The highest BCUT2D eigenvalue weighted by molar-refractivity contribution is 7.83. The molecule has 1 aliphatic heterocycles. The van der Waals surface area contributed by atoms with E-state index in [0.29, 0.717) is 47.1 Å². The molecule has 112 valence electrons. The quantitative estimate of drug-likeness (QED) is 0.864. The van der Waals surface area contributed by atoms with Crippen LogP contribution < -0.4 is 9.47 Å². The maximum atomic E-state index is 12.2. The molecule has 1 aromatic heterocycles. The van der Waals surface area contributed by atoms with E-state index in [4.69, 9.17) is 25.5 Å². The number of nitrogens with zero attached hydrogens (tertiary/aromatic N) is 1. The number of hydrogen-bond acceptors (Lipinski definition) is 5. The molecular weight excluding hydrogens is 314 g/mol. The lowest BCUT2D eigenvalue weighted by Gasteiger charge is -2.20. The predicted molar refractivity (Wildman–Crippen MR) is 79.2 cm³/mol. The zero-order chi connectivity index (χ0) is 14.8. The molecule has 0 fully saturated rings. The molecule has 0 bridgehead atoms. The van der Waals surface area contributed by atoms with Crippen LogP contribution in [0.3, 0.4) is 0 Å². The maximum absolute atomic E-state index is 12.2. The SMILES string of the molecule is Cc1cnc(CS(=O)Cc2cc(Cl)c3c(c2)OCCO3)o1. The molecule has 2 aromatic rings. The Balaban J connectivity index is 1.72. The fourth-order valence-corrected chi connectivity index (χ4v) is 3.43. The number of hydrogen-bond donors (Lipinski definition) is 0. The number of rotatable bonds is 4. The van der Waals surface area contributed by atoms with E-state index in [1.807, 2.05) is 6.07 Å². The average molecular weight is 328 g/mol. The molecule has 0 radical (unpaired) electrons. The van der Waals surface area contributed by atoms with Crippen molar-refractivity contribution in [2.75, 3.05) is 13.2 Å². The number of oxazole rings is 1. The second-order valence-electron chi connectivity index (χ2n) is 4.69. The minimum Gasteiger partial charge on any atom is -0.486 e. The van der Waals surface area contributed by atoms with Gasteiger partial charge in [0.2, 0.25) is 5.89 Å². The van der Waals surface area contributed by atoms with Gasteiger partial charge in [0.15, 0.2) is 11.5 Å². The Kier molecular flexibility index (Phi) is 4.17. The van der Waals surface area contributed by atoms with Crippen LogP contribution in [0.25, 0.3) is 0 Å². The van der Waals surface area contributed by atoms with Gasteiger partial charge in [0, 0.05) is 16.6 Å². The molecule has 0 saturated carbocycles. The van der Waals surface area contributed by atoms with Crippen LogP contribution in [0.2, 0.25) is 5.02 Å². The molecule has 7 heteroatoms. The molecule has 1 aromatic carbocycles. The van der Waals surface area contributed by atoms with Crippen molar-refractivity contribution in [1.29, 1.82) is 0 Å². The van der Waals surface area contributed by atoms with E-state index in [2.05, 4.69) is 4.98 Å². The Bertz CT molecular complexity index is 686. The summed E-state index contributed by atoms with van der Waals surface area (Å²) in [6.45, 7) is 2.78.